The molecule has 70 valence electrons. The van der Waals surface area contributed by atoms with E-state index in [-0.39, 0.29) is 0 Å². The van der Waals surface area contributed by atoms with E-state index in [1.54, 1.807) is 6.08 Å². The Hall–Kier alpha value is -0.970. The highest BCUT2D eigenvalue weighted by molar-refractivity contribution is 5.14. The van der Waals surface area contributed by atoms with Crippen LogP contribution in [0.3, 0.4) is 0 Å². The molecule has 1 aliphatic heterocycles. The van der Waals surface area contributed by atoms with Gasteiger partial charge in [0.15, 0.2) is 0 Å². The number of nitriles is 1. The minimum Gasteiger partial charge on any atom is -0.387 e. The summed E-state index contributed by atoms with van der Waals surface area (Å²) in [7, 11) is 0. The van der Waals surface area contributed by atoms with E-state index >= 15 is 0 Å². The number of fused-ring (bicyclic) bond motifs is 1. The standard InChI is InChI=1S/C11H16N2/c12-6-5-11-7-9-3-1-2-4-10(9)8-13-11/h5,9-10,13H,1-4,7-8H2/b11-5-. The van der Waals surface area contributed by atoms with Crippen LogP contribution in [-0.4, -0.2) is 6.54 Å². The fourth-order valence-corrected chi connectivity index (χ4v) is 2.63. The summed E-state index contributed by atoms with van der Waals surface area (Å²) >= 11 is 0. The van der Waals surface area contributed by atoms with Gasteiger partial charge in [-0.15, -0.1) is 0 Å². The van der Waals surface area contributed by atoms with E-state index in [4.69, 9.17) is 5.26 Å². The number of hydrogen-bond donors (Lipinski definition) is 1. The van der Waals surface area contributed by atoms with Crippen LogP contribution in [0, 0.1) is 23.2 Å². The van der Waals surface area contributed by atoms with Crippen LogP contribution in [0.4, 0.5) is 0 Å². The minimum absolute atomic E-state index is 0.856. The molecule has 1 saturated carbocycles. The zero-order valence-corrected chi connectivity index (χ0v) is 7.92. The molecule has 2 aliphatic rings. The average molecular weight is 176 g/mol. The lowest BCUT2D eigenvalue weighted by Gasteiger charge is -2.37. The van der Waals surface area contributed by atoms with Crippen molar-refractivity contribution in [2.75, 3.05) is 6.54 Å². The summed E-state index contributed by atoms with van der Waals surface area (Å²) in [5.41, 5.74) is 1.16. The van der Waals surface area contributed by atoms with Crippen molar-refractivity contribution in [1.82, 2.24) is 5.32 Å². The first kappa shape index (κ1) is 8.62. The van der Waals surface area contributed by atoms with Gasteiger partial charge in [0.25, 0.3) is 0 Å². The molecule has 0 radical (unpaired) electrons. The number of rotatable bonds is 0. The van der Waals surface area contributed by atoms with Crippen LogP contribution in [-0.2, 0) is 0 Å². The molecule has 0 aromatic heterocycles. The Bertz CT molecular complexity index is 249. The molecule has 2 rings (SSSR count). The molecule has 0 amide bonds. The number of allylic oxidation sites excluding steroid dienone is 2. The Morgan fingerprint density at radius 1 is 1.31 bits per heavy atom. The van der Waals surface area contributed by atoms with Crippen LogP contribution in [0.15, 0.2) is 11.8 Å². The fourth-order valence-electron chi connectivity index (χ4n) is 2.63. The molecule has 2 nitrogen and oxygen atoms in total. The van der Waals surface area contributed by atoms with Gasteiger partial charge in [0.2, 0.25) is 0 Å². The molecule has 13 heavy (non-hydrogen) atoms. The smallest absolute Gasteiger partial charge is 0.0930 e. The molecule has 0 aromatic carbocycles. The first-order chi connectivity index (χ1) is 6.40. The zero-order valence-electron chi connectivity index (χ0n) is 7.92. The lowest BCUT2D eigenvalue weighted by atomic mass is 9.75. The second-order valence-electron chi connectivity index (χ2n) is 4.19. The van der Waals surface area contributed by atoms with Crippen molar-refractivity contribution in [3.8, 4) is 6.07 Å². The molecular weight excluding hydrogens is 160 g/mol. The highest BCUT2D eigenvalue weighted by atomic mass is 14.9. The largest absolute Gasteiger partial charge is 0.387 e. The molecule has 1 saturated heterocycles. The van der Waals surface area contributed by atoms with Crippen LogP contribution in [0.5, 0.6) is 0 Å². The van der Waals surface area contributed by atoms with Crippen molar-refractivity contribution in [2.45, 2.75) is 32.1 Å². The summed E-state index contributed by atoms with van der Waals surface area (Å²) in [5, 5.41) is 11.9. The zero-order chi connectivity index (χ0) is 9.10. The van der Waals surface area contributed by atoms with Crippen LogP contribution in [0.1, 0.15) is 32.1 Å². The lowest BCUT2D eigenvalue weighted by molar-refractivity contribution is 0.205. The Kier molecular flexibility index (Phi) is 2.54. The van der Waals surface area contributed by atoms with Gasteiger partial charge < -0.3 is 5.32 Å². The van der Waals surface area contributed by atoms with Gasteiger partial charge in [0, 0.05) is 18.3 Å². The molecule has 2 unspecified atom stereocenters. The minimum atomic E-state index is 0.856. The van der Waals surface area contributed by atoms with E-state index in [2.05, 4.69) is 11.4 Å². The van der Waals surface area contributed by atoms with E-state index in [9.17, 15) is 0 Å². The first-order valence-corrected chi connectivity index (χ1v) is 5.22. The maximum absolute atomic E-state index is 8.55. The fraction of sp³-hybridized carbons (Fsp3) is 0.727. The second kappa shape index (κ2) is 3.83. The molecule has 0 bridgehead atoms. The number of piperidine rings is 1. The molecule has 2 fully saturated rings. The van der Waals surface area contributed by atoms with Crippen molar-refractivity contribution in [2.24, 2.45) is 11.8 Å². The number of hydrogen-bond acceptors (Lipinski definition) is 2. The predicted octanol–water partition coefficient (Wildman–Crippen LogP) is 2.19. The van der Waals surface area contributed by atoms with Gasteiger partial charge in [-0.05, 0) is 31.1 Å². The van der Waals surface area contributed by atoms with Gasteiger partial charge in [-0.3, -0.25) is 0 Å². The Morgan fingerprint density at radius 3 is 2.85 bits per heavy atom. The molecule has 2 heteroatoms. The average Bonchev–Trinajstić information content (AvgIpc) is 2.18. The molecule has 1 aliphatic carbocycles. The van der Waals surface area contributed by atoms with Crippen molar-refractivity contribution >= 4 is 0 Å². The third kappa shape index (κ3) is 1.85. The van der Waals surface area contributed by atoms with E-state index in [0.29, 0.717) is 0 Å². The third-order valence-corrected chi connectivity index (χ3v) is 3.38. The van der Waals surface area contributed by atoms with Gasteiger partial charge in [-0.1, -0.05) is 12.8 Å². The summed E-state index contributed by atoms with van der Waals surface area (Å²) in [5.74, 6) is 1.74. The predicted molar refractivity (Wildman–Crippen MR) is 51.8 cm³/mol. The third-order valence-electron chi connectivity index (χ3n) is 3.38. The van der Waals surface area contributed by atoms with Gasteiger partial charge in [0.1, 0.15) is 0 Å². The van der Waals surface area contributed by atoms with E-state index in [1.165, 1.54) is 25.7 Å². The first-order valence-electron chi connectivity index (χ1n) is 5.22. The van der Waals surface area contributed by atoms with Crippen LogP contribution in [0.25, 0.3) is 0 Å². The van der Waals surface area contributed by atoms with Crippen molar-refractivity contribution < 1.29 is 0 Å². The molecule has 0 spiro atoms. The van der Waals surface area contributed by atoms with Gasteiger partial charge in [-0.25, -0.2) is 0 Å². The molecular formula is C11H16N2. The van der Waals surface area contributed by atoms with Crippen LogP contribution in [0.2, 0.25) is 0 Å². The Balaban J connectivity index is 1.99. The summed E-state index contributed by atoms with van der Waals surface area (Å²) in [6, 6.07) is 2.11. The highest BCUT2D eigenvalue weighted by Gasteiger charge is 2.29. The number of nitrogens with one attached hydrogen (secondary N) is 1. The summed E-state index contributed by atoms with van der Waals surface area (Å²) < 4.78 is 0. The summed E-state index contributed by atoms with van der Waals surface area (Å²) in [6.07, 6.45) is 8.33. The molecule has 1 heterocycles. The number of nitrogens with zero attached hydrogens (tertiary/aromatic N) is 1. The monoisotopic (exact) mass is 176 g/mol. The summed E-state index contributed by atoms with van der Waals surface area (Å²) in [4.78, 5) is 0. The van der Waals surface area contributed by atoms with Crippen molar-refractivity contribution in [3.05, 3.63) is 11.8 Å². The SMILES string of the molecule is N#C/C=C1/CC2CCCCC2CN1. The van der Waals surface area contributed by atoms with Gasteiger partial charge >= 0.3 is 0 Å². The summed E-state index contributed by atoms with van der Waals surface area (Å²) in [6.45, 7) is 1.10. The second-order valence-corrected chi connectivity index (χ2v) is 4.19. The molecule has 0 aromatic rings. The van der Waals surface area contributed by atoms with E-state index in [0.717, 1.165) is 30.5 Å². The Morgan fingerprint density at radius 2 is 2.08 bits per heavy atom. The van der Waals surface area contributed by atoms with Gasteiger partial charge in [0.05, 0.1) is 6.07 Å². The van der Waals surface area contributed by atoms with Crippen LogP contribution < -0.4 is 5.32 Å². The van der Waals surface area contributed by atoms with Crippen molar-refractivity contribution in [3.63, 3.8) is 0 Å². The quantitative estimate of drug-likeness (QED) is 0.574. The Labute approximate surface area is 79.6 Å². The van der Waals surface area contributed by atoms with Crippen molar-refractivity contribution in [1.29, 1.82) is 5.26 Å². The maximum atomic E-state index is 8.55. The van der Waals surface area contributed by atoms with Gasteiger partial charge in [-0.2, -0.15) is 5.26 Å². The topological polar surface area (TPSA) is 35.8 Å². The molecule has 2 atom stereocenters. The normalized spacial score (nSPS) is 36.1. The van der Waals surface area contributed by atoms with E-state index in [1.807, 2.05) is 0 Å². The highest BCUT2D eigenvalue weighted by Crippen LogP contribution is 2.36. The maximum Gasteiger partial charge on any atom is 0.0930 e. The molecule has 1 N–H and O–H groups in total. The van der Waals surface area contributed by atoms with E-state index < -0.39 is 0 Å². The van der Waals surface area contributed by atoms with Crippen LogP contribution >= 0.6 is 0 Å². The lowest BCUT2D eigenvalue weighted by Crippen LogP contribution is -2.36.